The van der Waals surface area contributed by atoms with Crippen LogP contribution in [0.1, 0.15) is 42.0 Å². The number of esters is 1. The first-order chi connectivity index (χ1) is 6.70. The van der Waals surface area contributed by atoms with Crippen LogP contribution < -0.4 is 0 Å². The molecule has 3 nitrogen and oxygen atoms in total. The summed E-state index contributed by atoms with van der Waals surface area (Å²) in [5.74, 6) is -0.116. The fourth-order valence-corrected chi connectivity index (χ4v) is 1.09. The third-order valence-corrected chi connectivity index (χ3v) is 1.92. The monoisotopic (exact) mass is 204 g/mol. The van der Waals surface area contributed by atoms with Gasteiger partial charge in [0.05, 0.1) is 19.1 Å². The fourth-order valence-electron chi connectivity index (χ4n) is 1.09. The van der Waals surface area contributed by atoms with Crippen LogP contribution in [0, 0.1) is 5.92 Å². The van der Waals surface area contributed by atoms with Gasteiger partial charge in [0.15, 0.2) is 0 Å². The second-order valence-corrected chi connectivity index (χ2v) is 3.40. The van der Waals surface area contributed by atoms with Crippen molar-refractivity contribution in [2.24, 2.45) is 5.92 Å². The third kappa shape index (κ3) is 5.22. The van der Waals surface area contributed by atoms with Crippen LogP contribution in [0.15, 0.2) is 0 Å². The third-order valence-electron chi connectivity index (χ3n) is 1.92. The van der Waals surface area contributed by atoms with Gasteiger partial charge in [0.2, 0.25) is 0 Å². The number of carbonyl (C=O) groups is 1. The summed E-state index contributed by atoms with van der Waals surface area (Å²) in [4.78, 5) is 11.1. The fraction of sp³-hybridized carbons (Fsp3) is 0.909. The van der Waals surface area contributed by atoms with E-state index in [2.05, 4.69) is 0 Å². The molecule has 0 aromatic carbocycles. The van der Waals surface area contributed by atoms with Gasteiger partial charge in [-0.3, -0.25) is 4.79 Å². The normalized spacial score (nSPS) is 17.2. The molecule has 0 aromatic rings. The number of rotatable bonds is 2. The smallest absolute Gasteiger partial charge is 0.308 e. The van der Waals surface area contributed by atoms with Crippen LogP contribution in [0.25, 0.3) is 0 Å². The van der Waals surface area contributed by atoms with Gasteiger partial charge in [-0.25, -0.2) is 0 Å². The van der Waals surface area contributed by atoms with E-state index in [1.54, 1.807) is 0 Å². The van der Waals surface area contributed by atoms with Gasteiger partial charge in [-0.1, -0.05) is 27.7 Å². The first kappa shape index (κ1) is 13.4. The van der Waals surface area contributed by atoms with Crippen molar-refractivity contribution in [1.29, 1.82) is 0 Å². The lowest BCUT2D eigenvalue weighted by Crippen LogP contribution is -2.27. The Kier molecular flexibility index (Phi) is 7.48. The van der Waals surface area contributed by atoms with E-state index in [0.29, 0.717) is 0 Å². The Labute approximate surface area is 88.3 Å². The lowest BCUT2D eigenvalue weighted by Gasteiger charge is -2.22. The van der Waals surface area contributed by atoms with Crippen molar-refractivity contribution in [3.05, 3.63) is 0 Å². The van der Waals surface area contributed by atoms with Gasteiger partial charge in [-0.15, -0.1) is 0 Å². The van der Waals surface area contributed by atoms with Gasteiger partial charge in [0.25, 0.3) is 0 Å². The summed E-state index contributed by atoms with van der Waals surface area (Å²) in [5, 5.41) is 0. The minimum Gasteiger partial charge on any atom is -0.462 e. The highest BCUT2D eigenvalue weighted by atomic mass is 16.6. The molecule has 0 bridgehead atoms. The topological polar surface area (TPSA) is 35.5 Å². The predicted octanol–water partition coefficient (Wildman–Crippen LogP) is 2.64. The Morgan fingerprint density at radius 1 is 1.36 bits per heavy atom. The summed E-state index contributed by atoms with van der Waals surface area (Å²) >= 11 is 0. The SMILES string of the molecule is CC.CC(C)C(=O)OC1CCOCC1.[HH]. The molecule has 86 valence electrons. The summed E-state index contributed by atoms with van der Waals surface area (Å²) in [6, 6.07) is 0. The molecule has 1 aliphatic heterocycles. The molecule has 0 amide bonds. The minimum absolute atomic E-state index is 0. The largest absolute Gasteiger partial charge is 0.462 e. The Morgan fingerprint density at radius 2 is 1.86 bits per heavy atom. The second kappa shape index (κ2) is 7.80. The van der Waals surface area contributed by atoms with Crippen LogP contribution in [0.4, 0.5) is 0 Å². The van der Waals surface area contributed by atoms with E-state index in [-0.39, 0.29) is 19.4 Å². The zero-order valence-corrected chi connectivity index (χ0v) is 9.71. The average Bonchev–Trinajstić information content (AvgIpc) is 2.22. The molecule has 1 aliphatic rings. The molecule has 0 radical (unpaired) electrons. The summed E-state index contributed by atoms with van der Waals surface area (Å²) in [6.07, 6.45) is 1.78. The summed E-state index contributed by atoms with van der Waals surface area (Å²) < 4.78 is 10.4. The molecule has 1 saturated heterocycles. The molecule has 0 atom stereocenters. The van der Waals surface area contributed by atoms with E-state index in [9.17, 15) is 4.79 Å². The van der Waals surface area contributed by atoms with Crippen molar-refractivity contribution < 1.29 is 15.7 Å². The van der Waals surface area contributed by atoms with Crippen LogP contribution in [0.5, 0.6) is 0 Å². The maximum absolute atomic E-state index is 11.1. The van der Waals surface area contributed by atoms with Gasteiger partial charge >= 0.3 is 5.97 Å². The van der Waals surface area contributed by atoms with Gasteiger partial charge in [-0.05, 0) is 0 Å². The van der Waals surface area contributed by atoms with Crippen molar-refractivity contribution in [1.82, 2.24) is 0 Å². The average molecular weight is 204 g/mol. The van der Waals surface area contributed by atoms with Crippen molar-refractivity contribution in [2.45, 2.75) is 46.6 Å². The number of carbonyl (C=O) groups excluding carboxylic acids is 1. The molecule has 0 unspecified atom stereocenters. The molecule has 1 fully saturated rings. The number of hydrogen-bond acceptors (Lipinski definition) is 3. The van der Waals surface area contributed by atoms with Crippen LogP contribution in [-0.4, -0.2) is 25.3 Å². The Hall–Kier alpha value is -0.570. The first-order valence-electron chi connectivity index (χ1n) is 5.48. The Bertz CT molecular complexity index is 154. The highest BCUT2D eigenvalue weighted by molar-refractivity contribution is 5.71. The predicted molar refractivity (Wildman–Crippen MR) is 58.2 cm³/mol. The van der Waals surface area contributed by atoms with Crippen molar-refractivity contribution >= 4 is 5.97 Å². The molecule has 1 rings (SSSR count). The van der Waals surface area contributed by atoms with Crippen molar-refractivity contribution in [2.75, 3.05) is 13.2 Å². The highest BCUT2D eigenvalue weighted by Gasteiger charge is 2.19. The quantitative estimate of drug-likeness (QED) is 0.649. The maximum atomic E-state index is 11.1. The molecular weight excluding hydrogens is 180 g/mol. The standard InChI is InChI=1S/C9H16O3.C2H6.H2/c1-7(2)9(10)12-8-3-5-11-6-4-8;1-2;/h7-8H,3-6H2,1-2H3;1-2H3;1H. The van der Waals surface area contributed by atoms with Crippen LogP contribution in [0.3, 0.4) is 0 Å². The zero-order chi connectivity index (χ0) is 11.0. The lowest BCUT2D eigenvalue weighted by atomic mass is 10.1. The highest BCUT2D eigenvalue weighted by Crippen LogP contribution is 2.12. The zero-order valence-electron chi connectivity index (χ0n) is 9.71. The summed E-state index contributed by atoms with van der Waals surface area (Å²) in [7, 11) is 0. The van der Waals surface area contributed by atoms with Gasteiger partial charge in [0, 0.05) is 14.3 Å². The number of hydrogen-bond donors (Lipinski definition) is 0. The van der Waals surface area contributed by atoms with Gasteiger partial charge in [0.1, 0.15) is 6.10 Å². The Morgan fingerprint density at radius 3 is 2.29 bits per heavy atom. The number of ether oxygens (including phenoxy) is 2. The van der Waals surface area contributed by atoms with Gasteiger partial charge in [-0.2, -0.15) is 0 Å². The van der Waals surface area contributed by atoms with Crippen molar-refractivity contribution in [3.8, 4) is 0 Å². The van der Waals surface area contributed by atoms with E-state index in [1.165, 1.54) is 0 Å². The Balaban J connectivity index is 0. The van der Waals surface area contributed by atoms with Crippen LogP contribution in [0.2, 0.25) is 0 Å². The lowest BCUT2D eigenvalue weighted by molar-refractivity contribution is -0.156. The van der Waals surface area contributed by atoms with E-state index in [0.717, 1.165) is 26.1 Å². The molecule has 0 aromatic heterocycles. The molecule has 0 N–H and O–H groups in total. The molecular formula is C11H24O3. The molecule has 14 heavy (non-hydrogen) atoms. The summed E-state index contributed by atoms with van der Waals surface area (Å²) in [6.45, 7) is 9.13. The second-order valence-electron chi connectivity index (χ2n) is 3.40. The maximum Gasteiger partial charge on any atom is 0.308 e. The summed E-state index contributed by atoms with van der Waals surface area (Å²) in [5.41, 5.74) is 0. The molecule has 0 saturated carbocycles. The molecule has 1 heterocycles. The van der Waals surface area contributed by atoms with Crippen LogP contribution in [-0.2, 0) is 14.3 Å². The van der Waals surface area contributed by atoms with Gasteiger partial charge < -0.3 is 9.47 Å². The van der Waals surface area contributed by atoms with E-state index in [1.807, 2.05) is 27.7 Å². The first-order valence-corrected chi connectivity index (χ1v) is 5.48. The van der Waals surface area contributed by atoms with Crippen LogP contribution >= 0.6 is 0 Å². The van der Waals surface area contributed by atoms with E-state index >= 15 is 0 Å². The minimum atomic E-state index is -0.0955. The van der Waals surface area contributed by atoms with Crippen molar-refractivity contribution in [3.63, 3.8) is 0 Å². The molecule has 0 aliphatic carbocycles. The molecule has 0 spiro atoms. The molecule has 3 heteroatoms. The van der Waals surface area contributed by atoms with E-state index in [4.69, 9.17) is 9.47 Å². The van der Waals surface area contributed by atoms with E-state index < -0.39 is 0 Å².